The average Bonchev–Trinajstić information content (AvgIpc) is 2.99. The Morgan fingerprint density at radius 2 is 1.85 bits per heavy atom. The quantitative estimate of drug-likeness (QED) is 0.728. The average molecular weight is 380 g/mol. The Kier molecular flexibility index (Phi) is 4.81. The van der Waals surface area contributed by atoms with E-state index in [1.54, 1.807) is 20.8 Å². The maximum absolute atomic E-state index is 12.8. The van der Waals surface area contributed by atoms with Crippen molar-refractivity contribution in [1.82, 2.24) is 19.7 Å². The summed E-state index contributed by atoms with van der Waals surface area (Å²) in [6.45, 7) is 4.91. The Hall–Kier alpha value is -2.68. The third-order valence-corrected chi connectivity index (χ3v) is 4.53. The number of hydrogen-bond acceptors (Lipinski definition) is 4. The van der Waals surface area contributed by atoms with Gasteiger partial charge in [-0.15, -0.1) is 0 Å². The molecule has 6 nitrogen and oxygen atoms in total. The predicted molar refractivity (Wildman–Crippen MR) is 93.6 cm³/mol. The molecule has 2 atom stereocenters. The molecule has 1 aromatic carbocycles. The molecule has 0 fully saturated rings. The molecule has 144 valence electrons. The molecule has 2 heterocycles. The van der Waals surface area contributed by atoms with Gasteiger partial charge in [0.2, 0.25) is 0 Å². The molecule has 0 amide bonds. The normalized spacial score (nSPS) is 14.5. The second-order valence-electron chi connectivity index (χ2n) is 6.55. The van der Waals surface area contributed by atoms with Crippen LogP contribution in [0.4, 0.5) is 13.2 Å². The van der Waals surface area contributed by atoms with Crippen molar-refractivity contribution >= 4 is 11.0 Å². The maximum atomic E-state index is 12.8. The Morgan fingerprint density at radius 1 is 1.22 bits per heavy atom. The van der Waals surface area contributed by atoms with Gasteiger partial charge in [0.25, 0.3) is 5.56 Å². The molecule has 0 aliphatic heterocycles. The van der Waals surface area contributed by atoms with Crippen LogP contribution in [0, 0.1) is 6.92 Å². The van der Waals surface area contributed by atoms with E-state index in [4.69, 9.17) is 0 Å². The predicted octanol–water partition coefficient (Wildman–Crippen LogP) is 3.15. The number of nitrogens with zero attached hydrogens (tertiary/aromatic N) is 3. The summed E-state index contributed by atoms with van der Waals surface area (Å²) in [4.78, 5) is 19.4. The fourth-order valence-electron chi connectivity index (χ4n) is 2.99. The fraction of sp³-hybridized carbons (Fsp3) is 0.389. The highest BCUT2D eigenvalue weighted by Gasteiger charge is 2.30. The van der Waals surface area contributed by atoms with Gasteiger partial charge in [-0.2, -0.15) is 18.3 Å². The molecule has 0 spiro atoms. The number of aromatic nitrogens is 4. The number of aryl methyl sites for hydroxylation is 1. The minimum Gasteiger partial charge on any atom is -0.394 e. The minimum atomic E-state index is -4.40. The number of rotatable bonds is 4. The number of aromatic amines is 1. The molecule has 0 aliphatic rings. The van der Waals surface area contributed by atoms with Gasteiger partial charge in [0.1, 0.15) is 11.3 Å². The van der Waals surface area contributed by atoms with Gasteiger partial charge in [0.05, 0.1) is 23.9 Å². The highest BCUT2D eigenvalue weighted by molar-refractivity contribution is 5.78. The zero-order valence-corrected chi connectivity index (χ0v) is 15.0. The Morgan fingerprint density at radius 3 is 2.41 bits per heavy atom. The molecule has 0 saturated carbocycles. The molecule has 0 saturated heterocycles. The summed E-state index contributed by atoms with van der Waals surface area (Å²) in [5.41, 5.74) is 0.592. The molecular formula is C18H19F3N4O2. The first-order chi connectivity index (χ1) is 12.6. The van der Waals surface area contributed by atoms with Crippen LogP contribution in [-0.2, 0) is 6.18 Å². The van der Waals surface area contributed by atoms with Gasteiger partial charge in [0, 0.05) is 5.92 Å². The van der Waals surface area contributed by atoms with E-state index in [1.165, 1.54) is 16.8 Å². The standard InChI is InChI=1S/C18H19F3N4O2/c1-9(8-26)25-16-15(22-11(3)23-17(16)27)14(24-25)10(2)12-4-6-13(7-5-12)18(19,20)21/h4-7,9-10,26H,8H2,1-3H3,(H,22,23,27)/t9-,10?/m0/s1. The van der Waals surface area contributed by atoms with Crippen LogP contribution < -0.4 is 5.56 Å². The number of benzene rings is 1. The lowest BCUT2D eigenvalue weighted by Gasteiger charge is -2.12. The van der Waals surface area contributed by atoms with Gasteiger partial charge in [-0.05, 0) is 31.5 Å². The van der Waals surface area contributed by atoms with Crippen molar-refractivity contribution in [2.24, 2.45) is 0 Å². The summed E-state index contributed by atoms with van der Waals surface area (Å²) in [6, 6.07) is 4.38. The first-order valence-corrected chi connectivity index (χ1v) is 8.40. The van der Waals surface area contributed by atoms with E-state index in [0.717, 1.165) is 12.1 Å². The van der Waals surface area contributed by atoms with E-state index in [-0.39, 0.29) is 17.7 Å². The number of alkyl halides is 3. The van der Waals surface area contributed by atoms with E-state index in [9.17, 15) is 23.1 Å². The molecule has 0 bridgehead atoms. The van der Waals surface area contributed by atoms with Crippen LogP contribution >= 0.6 is 0 Å². The first-order valence-electron chi connectivity index (χ1n) is 8.40. The lowest BCUT2D eigenvalue weighted by Crippen LogP contribution is -2.18. The van der Waals surface area contributed by atoms with Gasteiger partial charge in [-0.25, -0.2) is 4.98 Å². The Balaban J connectivity index is 2.14. The monoisotopic (exact) mass is 380 g/mol. The molecule has 9 heteroatoms. The molecule has 2 aromatic heterocycles. The summed E-state index contributed by atoms with van der Waals surface area (Å²) in [5, 5.41) is 13.9. The lowest BCUT2D eigenvalue weighted by atomic mass is 9.96. The topological polar surface area (TPSA) is 83.8 Å². The van der Waals surface area contributed by atoms with E-state index in [0.29, 0.717) is 22.6 Å². The van der Waals surface area contributed by atoms with E-state index in [2.05, 4.69) is 15.1 Å². The van der Waals surface area contributed by atoms with Crippen molar-refractivity contribution in [3.8, 4) is 0 Å². The van der Waals surface area contributed by atoms with Crippen LogP contribution in [0.25, 0.3) is 11.0 Å². The van der Waals surface area contributed by atoms with Gasteiger partial charge < -0.3 is 10.1 Å². The smallest absolute Gasteiger partial charge is 0.394 e. The van der Waals surface area contributed by atoms with Crippen LogP contribution in [0.2, 0.25) is 0 Å². The van der Waals surface area contributed by atoms with Crippen LogP contribution in [0.1, 0.15) is 48.5 Å². The van der Waals surface area contributed by atoms with Crippen molar-refractivity contribution in [1.29, 1.82) is 0 Å². The van der Waals surface area contributed by atoms with Crippen molar-refractivity contribution in [3.63, 3.8) is 0 Å². The Labute approximate surface area is 152 Å². The fourth-order valence-corrected chi connectivity index (χ4v) is 2.99. The number of H-pyrrole nitrogens is 1. The number of aliphatic hydroxyl groups is 1. The summed E-state index contributed by atoms with van der Waals surface area (Å²) < 4.78 is 39.8. The third kappa shape index (κ3) is 3.46. The second kappa shape index (κ2) is 6.80. The molecule has 1 unspecified atom stereocenters. The van der Waals surface area contributed by atoms with Crippen LogP contribution in [-0.4, -0.2) is 31.5 Å². The summed E-state index contributed by atoms with van der Waals surface area (Å²) in [5.74, 6) is 0.0141. The lowest BCUT2D eigenvalue weighted by molar-refractivity contribution is -0.137. The van der Waals surface area contributed by atoms with Crippen molar-refractivity contribution in [2.45, 2.75) is 38.9 Å². The third-order valence-electron chi connectivity index (χ3n) is 4.53. The van der Waals surface area contributed by atoms with Gasteiger partial charge in [-0.1, -0.05) is 19.1 Å². The van der Waals surface area contributed by atoms with E-state index >= 15 is 0 Å². The Bertz CT molecular complexity index is 1020. The molecule has 3 aromatic rings. The molecular weight excluding hydrogens is 361 g/mol. The van der Waals surface area contributed by atoms with Crippen molar-refractivity contribution < 1.29 is 18.3 Å². The molecule has 2 N–H and O–H groups in total. The van der Waals surface area contributed by atoms with Crippen LogP contribution in [0.15, 0.2) is 29.1 Å². The summed E-state index contributed by atoms with van der Waals surface area (Å²) in [7, 11) is 0. The van der Waals surface area contributed by atoms with Crippen molar-refractivity contribution in [3.05, 3.63) is 57.3 Å². The maximum Gasteiger partial charge on any atom is 0.416 e. The summed E-state index contributed by atoms with van der Waals surface area (Å²) >= 11 is 0. The summed E-state index contributed by atoms with van der Waals surface area (Å²) in [6.07, 6.45) is -4.40. The first kappa shape index (κ1) is 19.1. The zero-order valence-electron chi connectivity index (χ0n) is 15.0. The number of fused-ring (bicyclic) bond motifs is 1. The molecule has 0 aliphatic carbocycles. The van der Waals surface area contributed by atoms with Gasteiger partial charge in [-0.3, -0.25) is 9.48 Å². The van der Waals surface area contributed by atoms with Gasteiger partial charge >= 0.3 is 6.18 Å². The molecule has 27 heavy (non-hydrogen) atoms. The van der Waals surface area contributed by atoms with Crippen LogP contribution in [0.3, 0.4) is 0 Å². The number of hydrogen-bond donors (Lipinski definition) is 2. The van der Waals surface area contributed by atoms with Crippen molar-refractivity contribution in [2.75, 3.05) is 6.61 Å². The van der Waals surface area contributed by atoms with Crippen LogP contribution in [0.5, 0.6) is 0 Å². The van der Waals surface area contributed by atoms with E-state index < -0.39 is 23.7 Å². The molecule has 0 radical (unpaired) electrons. The largest absolute Gasteiger partial charge is 0.416 e. The number of halogens is 3. The number of nitrogens with one attached hydrogen (secondary N) is 1. The SMILES string of the molecule is Cc1nc2c(C(C)c3ccc(C(F)(F)F)cc3)nn([C@@H](C)CO)c2c(=O)[nH]1. The van der Waals surface area contributed by atoms with E-state index in [1.807, 2.05) is 0 Å². The van der Waals surface area contributed by atoms with Gasteiger partial charge in [0.15, 0.2) is 5.52 Å². The number of aliphatic hydroxyl groups excluding tert-OH is 1. The highest BCUT2D eigenvalue weighted by Crippen LogP contribution is 2.33. The minimum absolute atomic E-state index is 0.224. The molecule has 3 rings (SSSR count). The second-order valence-corrected chi connectivity index (χ2v) is 6.55. The zero-order chi connectivity index (χ0) is 19.9. The highest BCUT2D eigenvalue weighted by atomic mass is 19.4.